The minimum atomic E-state index is -3.79. The van der Waals surface area contributed by atoms with Crippen molar-refractivity contribution in [2.45, 2.75) is 23.6 Å². The van der Waals surface area contributed by atoms with Gasteiger partial charge in [-0.1, -0.05) is 59.7 Å². The smallest absolute Gasteiger partial charge is 0.297 e. The van der Waals surface area contributed by atoms with Crippen LogP contribution in [0.2, 0.25) is 0 Å². The highest BCUT2D eigenvalue weighted by Crippen LogP contribution is 2.25. The second-order valence-corrected chi connectivity index (χ2v) is 15.8. The molecule has 0 saturated carbocycles. The molecule has 0 unspecified atom stereocenters. The van der Waals surface area contributed by atoms with Crippen LogP contribution in [0.15, 0.2) is 107 Å². The van der Waals surface area contributed by atoms with Crippen LogP contribution in [0.3, 0.4) is 0 Å². The highest BCUT2D eigenvalue weighted by atomic mass is 32.2. The summed E-state index contributed by atoms with van der Waals surface area (Å²) < 4.78 is 103. The van der Waals surface area contributed by atoms with E-state index in [1.807, 2.05) is 62.4 Å². The number of hydrogen-bond donors (Lipinski definition) is 0. The van der Waals surface area contributed by atoms with Crippen LogP contribution in [0.25, 0.3) is 11.1 Å². The third-order valence-electron chi connectivity index (χ3n) is 8.07. The third-order valence-corrected chi connectivity index (χ3v) is 10.7. The van der Waals surface area contributed by atoms with Crippen molar-refractivity contribution in [1.29, 1.82) is 0 Å². The van der Waals surface area contributed by atoms with Gasteiger partial charge in [-0.25, -0.2) is 0 Å². The van der Waals surface area contributed by atoms with Crippen molar-refractivity contribution in [3.8, 4) is 22.6 Å². The predicted molar refractivity (Wildman–Crippen MR) is 216 cm³/mol. The average Bonchev–Trinajstić information content (AvgIpc) is 3.22. The van der Waals surface area contributed by atoms with Crippen molar-refractivity contribution in [2.24, 2.45) is 0 Å². The van der Waals surface area contributed by atoms with E-state index in [1.165, 1.54) is 24.3 Å². The molecule has 58 heavy (non-hydrogen) atoms. The molecule has 0 aromatic heterocycles. The quantitative estimate of drug-likeness (QED) is 0.0452. The van der Waals surface area contributed by atoms with Crippen molar-refractivity contribution in [3.63, 3.8) is 0 Å². The summed E-state index contributed by atoms with van der Waals surface area (Å²) in [7, 11) is -7.59. The molecule has 4 aromatic rings. The van der Waals surface area contributed by atoms with E-state index in [1.54, 1.807) is 24.3 Å². The Morgan fingerprint density at radius 2 is 0.586 bits per heavy atom. The van der Waals surface area contributed by atoms with Crippen LogP contribution in [-0.2, 0) is 57.0 Å². The lowest BCUT2D eigenvalue weighted by Gasteiger charge is -2.10. The number of aryl methyl sites for hydroxylation is 2. The first-order valence-corrected chi connectivity index (χ1v) is 21.8. The largest absolute Gasteiger partial charge is 0.491 e. The van der Waals surface area contributed by atoms with E-state index < -0.39 is 20.2 Å². The molecular formula is C42H54O14S2. The molecule has 0 spiro atoms. The summed E-state index contributed by atoms with van der Waals surface area (Å²) in [5.74, 6) is 1.48. The molecule has 0 fully saturated rings. The van der Waals surface area contributed by atoms with E-state index in [0.29, 0.717) is 79.3 Å². The van der Waals surface area contributed by atoms with E-state index in [-0.39, 0.29) is 36.2 Å². The highest BCUT2D eigenvalue weighted by molar-refractivity contribution is 7.87. The van der Waals surface area contributed by atoms with Gasteiger partial charge >= 0.3 is 0 Å². The van der Waals surface area contributed by atoms with Crippen LogP contribution in [0, 0.1) is 13.8 Å². The lowest BCUT2D eigenvalue weighted by molar-refractivity contribution is 0.00528. The topological polar surface area (TPSA) is 161 Å². The third kappa shape index (κ3) is 18.3. The summed E-state index contributed by atoms with van der Waals surface area (Å²) in [5, 5.41) is 0. The molecule has 14 nitrogen and oxygen atoms in total. The Bertz CT molecular complexity index is 1780. The summed E-state index contributed by atoms with van der Waals surface area (Å²) in [6, 6.07) is 28.6. The van der Waals surface area contributed by atoms with Crippen LogP contribution in [-0.4, -0.2) is 123 Å². The fourth-order valence-electron chi connectivity index (χ4n) is 4.96. The molecule has 16 heteroatoms. The monoisotopic (exact) mass is 846 g/mol. The maximum absolute atomic E-state index is 12.1. The Balaban J connectivity index is 0.922. The van der Waals surface area contributed by atoms with Gasteiger partial charge in [0.2, 0.25) is 0 Å². The van der Waals surface area contributed by atoms with Gasteiger partial charge in [-0.3, -0.25) is 8.37 Å². The van der Waals surface area contributed by atoms with Gasteiger partial charge in [-0.05, 0) is 73.5 Å². The second-order valence-electron chi connectivity index (χ2n) is 12.6. The van der Waals surface area contributed by atoms with Crippen molar-refractivity contribution < 1.29 is 63.1 Å². The van der Waals surface area contributed by atoms with Crippen LogP contribution < -0.4 is 9.47 Å². The average molecular weight is 847 g/mol. The van der Waals surface area contributed by atoms with Crippen molar-refractivity contribution in [2.75, 3.05) is 106 Å². The molecule has 0 aliphatic heterocycles. The predicted octanol–water partition coefficient (Wildman–Crippen LogP) is 5.64. The molecule has 4 rings (SSSR count). The molecule has 4 aromatic carbocycles. The summed E-state index contributed by atoms with van der Waals surface area (Å²) >= 11 is 0. The van der Waals surface area contributed by atoms with E-state index in [0.717, 1.165) is 33.8 Å². The molecule has 0 aliphatic rings. The molecule has 318 valence electrons. The maximum atomic E-state index is 12.1. The molecule has 0 N–H and O–H groups in total. The Labute approximate surface area is 342 Å². The molecule has 0 saturated heterocycles. The SMILES string of the molecule is Cc1ccc(S(=O)(=O)OCCOCCOCCOCCOc2ccc(-c3ccc(OCCOCCOCCOCCOS(=O)(=O)c4ccc(C)cc4)cc3)cc2)cc1. The summed E-state index contributed by atoms with van der Waals surface area (Å²) in [6.45, 7) is 8.46. The minimum Gasteiger partial charge on any atom is -0.491 e. The first-order chi connectivity index (χ1) is 28.1. The van der Waals surface area contributed by atoms with Gasteiger partial charge in [-0.15, -0.1) is 0 Å². The normalized spacial score (nSPS) is 11.8. The zero-order chi connectivity index (χ0) is 41.3. The zero-order valence-corrected chi connectivity index (χ0v) is 34.7. The first kappa shape index (κ1) is 46.7. The molecular weight excluding hydrogens is 793 g/mol. The summed E-state index contributed by atoms with van der Waals surface area (Å²) in [6.07, 6.45) is 0. The van der Waals surface area contributed by atoms with Crippen molar-refractivity contribution >= 4 is 20.2 Å². The van der Waals surface area contributed by atoms with E-state index >= 15 is 0 Å². The Morgan fingerprint density at radius 1 is 0.328 bits per heavy atom. The van der Waals surface area contributed by atoms with Gasteiger partial charge in [0.25, 0.3) is 20.2 Å². The lowest BCUT2D eigenvalue weighted by atomic mass is 10.1. The molecule has 0 radical (unpaired) electrons. The number of benzene rings is 4. The maximum Gasteiger partial charge on any atom is 0.297 e. The fraction of sp³-hybridized carbons (Fsp3) is 0.429. The summed E-state index contributed by atoms with van der Waals surface area (Å²) in [5.41, 5.74) is 4.03. The van der Waals surface area contributed by atoms with Gasteiger partial charge in [0.05, 0.1) is 102 Å². The van der Waals surface area contributed by atoms with Gasteiger partial charge in [0, 0.05) is 0 Å². The summed E-state index contributed by atoms with van der Waals surface area (Å²) in [4.78, 5) is 0.241. The van der Waals surface area contributed by atoms with Crippen LogP contribution >= 0.6 is 0 Å². The molecule has 0 bridgehead atoms. The fourth-order valence-corrected chi connectivity index (χ4v) is 6.75. The Kier molecular flexibility index (Phi) is 21.1. The number of rotatable bonds is 31. The number of hydrogen-bond acceptors (Lipinski definition) is 14. The van der Waals surface area contributed by atoms with E-state index in [4.69, 9.17) is 46.3 Å². The van der Waals surface area contributed by atoms with E-state index in [9.17, 15) is 16.8 Å². The molecule has 0 atom stereocenters. The van der Waals surface area contributed by atoms with E-state index in [2.05, 4.69) is 0 Å². The minimum absolute atomic E-state index is 0.0719. The standard InChI is InChI=1S/C42H54O14S2/c1-35-3-15-41(16-4-35)57(43,44)55-33-29-51-25-21-47-19-23-49-27-31-53-39-11-7-37(8-12-39)38-9-13-40(14-10-38)54-32-28-50-24-20-48-22-26-52-30-34-56-58(45,46)42-17-5-36(2)6-18-42/h3-18H,19-34H2,1-2H3. The Hall–Kier alpha value is -3.94. The Morgan fingerprint density at radius 3 is 0.879 bits per heavy atom. The first-order valence-electron chi connectivity index (χ1n) is 19.0. The van der Waals surface area contributed by atoms with Crippen molar-refractivity contribution in [1.82, 2.24) is 0 Å². The van der Waals surface area contributed by atoms with Crippen LogP contribution in [0.1, 0.15) is 11.1 Å². The molecule has 0 aliphatic carbocycles. The molecule has 0 amide bonds. The van der Waals surface area contributed by atoms with Crippen LogP contribution in [0.4, 0.5) is 0 Å². The van der Waals surface area contributed by atoms with Gasteiger partial charge in [0.15, 0.2) is 0 Å². The second kappa shape index (κ2) is 26.2. The molecule has 0 heterocycles. The van der Waals surface area contributed by atoms with Crippen LogP contribution in [0.5, 0.6) is 11.5 Å². The van der Waals surface area contributed by atoms with Crippen molar-refractivity contribution in [3.05, 3.63) is 108 Å². The van der Waals surface area contributed by atoms with Gasteiger partial charge in [0.1, 0.15) is 24.7 Å². The zero-order valence-electron chi connectivity index (χ0n) is 33.1. The van der Waals surface area contributed by atoms with Gasteiger partial charge in [-0.2, -0.15) is 16.8 Å². The highest BCUT2D eigenvalue weighted by Gasteiger charge is 2.15. The lowest BCUT2D eigenvalue weighted by Crippen LogP contribution is -2.15. The van der Waals surface area contributed by atoms with Gasteiger partial charge < -0.3 is 37.9 Å². The number of ether oxygens (including phenoxy) is 8.